The average molecular weight is 393 g/mol. The summed E-state index contributed by atoms with van der Waals surface area (Å²) in [6.07, 6.45) is 2.55. The Kier molecular flexibility index (Phi) is 4.95. The van der Waals surface area contributed by atoms with E-state index in [4.69, 9.17) is 0 Å². The van der Waals surface area contributed by atoms with Gasteiger partial charge in [-0.15, -0.1) is 0 Å². The zero-order valence-electron chi connectivity index (χ0n) is 14.9. The summed E-state index contributed by atoms with van der Waals surface area (Å²) in [5, 5.41) is 16.1. The fourth-order valence-electron chi connectivity index (χ4n) is 3.09. The van der Waals surface area contributed by atoms with Gasteiger partial charge in [0.1, 0.15) is 0 Å². The van der Waals surface area contributed by atoms with Crippen LogP contribution in [0.4, 0.5) is 0 Å². The third-order valence-electron chi connectivity index (χ3n) is 4.55. The molecular weight excluding hydrogens is 374 g/mol. The minimum atomic E-state index is -3.76. The molecule has 0 aliphatic rings. The van der Waals surface area contributed by atoms with E-state index in [1.54, 1.807) is 47.3 Å². The predicted octanol–water partition coefficient (Wildman–Crippen LogP) is 3.04. The maximum absolute atomic E-state index is 12.8. The van der Waals surface area contributed by atoms with Gasteiger partial charge in [-0.25, -0.2) is 17.8 Å². The number of sulfonamides is 1. The molecule has 0 saturated carbocycles. The van der Waals surface area contributed by atoms with Crippen LogP contribution in [0.1, 0.15) is 11.7 Å². The zero-order chi connectivity index (χ0) is 19.6. The lowest BCUT2D eigenvalue weighted by atomic mass is 10.1. The van der Waals surface area contributed by atoms with E-state index in [1.807, 2.05) is 42.6 Å². The van der Waals surface area contributed by atoms with Gasteiger partial charge in [0.15, 0.2) is 0 Å². The van der Waals surface area contributed by atoms with Gasteiger partial charge in [-0.3, -0.25) is 0 Å². The lowest BCUT2D eigenvalue weighted by Crippen LogP contribution is -2.28. The van der Waals surface area contributed by atoms with Gasteiger partial charge >= 0.3 is 0 Å². The predicted molar refractivity (Wildman–Crippen MR) is 108 cm³/mol. The molecule has 0 aliphatic heterocycles. The molecule has 1 heterocycles. The van der Waals surface area contributed by atoms with E-state index in [0.29, 0.717) is 10.9 Å². The molecule has 7 heteroatoms. The number of benzene rings is 3. The van der Waals surface area contributed by atoms with Crippen LogP contribution in [0.2, 0.25) is 0 Å². The maximum Gasteiger partial charge on any atom is 0.241 e. The Morgan fingerprint density at radius 2 is 1.71 bits per heavy atom. The van der Waals surface area contributed by atoms with Crippen LogP contribution in [0, 0.1) is 0 Å². The summed E-state index contributed by atoms with van der Waals surface area (Å²) in [6, 6.07) is 21.4. The minimum absolute atomic E-state index is 0.118. The number of hydrogen-bond acceptors (Lipinski definition) is 4. The van der Waals surface area contributed by atoms with Crippen LogP contribution in [-0.2, 0) is 10.0 Å². The molecule has 4 rings (SSSR count). The average Bonchev–Trinajstić information content (AvgIpc) is 3.27. The van der Waals surface area contributed by atoms with E-state index in [0.717, 1.165) is 11.1 Å². The van der Waals surface area contributed by atoms with Crippen molar-refractivity contribution < 1.29 is 13.5 Å². The minimum Gasteiger partial charge on any atom is -0.387 e. The van der Waals surface area contributed by atoms with E-state index in [9.17, 15) is 13.5 Å². The standard InChI is InChI=1S/C21H19N3O3S/c25-20(17-9-11-18(12-10-17)24-14-4-13-22-24)15-23-28(26,27)21-8-3-6-16-5-1-2-7-19(16)21/h1-14,20,23,25H,15H2. The van der Waals surface area contributed by atoms with Gasteiger partial charge < -0.3 is 5.11 Å². The topological polar surface area (TPSA) is 84.2 Å². The number of nitrogens with zero attached hydrogens (tertiary/aromatic N) is 2. The zero-order valence-corrected chi connectivity index (χ0v) is 15.8. The number of fused-ring (bicyclic) bond motifs is 1. The SMILES string of the molecule is O=S(=O)(NCC(O)c1ccc(-n2cccn2)cc1)c1cccc2ccccc12. The van der Waals surface area contributed by atoms with Gasteiger partial charge in [0.2, 0.25) is 10.0 Å². The fraction of sp³-hybridized carbons (Fsp3) is 0.0952. The molecule has 4 aromatic rings. The molecule has 0 aliphatic carbocycles. The molecule has 1 aromatic heterocycles. The van der Waals surface area contributed by atoms with E-state index >= 15 is 0 Å². The summed E-state index contributed by atoms with van der Waals surface area (Å²) in [7, 11) is -3.76. The first-order chi connectivity index (χ1) is 13.5. The monoisotopic (exact) mass is 393 g/mol. The van der Waals surface area contributed by atoms with Crippen molar-refractivity contribution in [1.82, 2.24) is 14.5 Å². The second-order valence-electron chi connectivity index (χ2n) is 6.39. The van der Waals surface area contributed by atoms with Crippen LogP contribution in [0.25, 0.3) is 16.5 Å². The van der Waals surface area contributed by atoms with Crippen LogP contribution >= 0.6 is 0 Å². The smallest absolute Gasteiger partial charge is 0.241 e. The van der Waals surface area contributed by atoms with Crippen LogP contribution in [0.3, 0.4) is 0 Å². The van der Waals surface area contributed by atoms with Gasteiger partial charge in [-0.2, -0.15) is 5.10 Å². The third-order valence-corrected chi connectivity index (χ3v) is 6.03. The Hall–Kier alpha value is -3.00. The number of hydrogen-bond donors (Lipinski definition) is 2. The van der Waals surface area contributed by atoms with Crippen molar-refractivity contribution in [1.29, 1.82) is 0 Å². The van der Waals surface area contributed by atoms with Gasteiger partial charge in [-0.05, 0) is 35.2 Å². The first-order valence-electron chi connectivity index (χ1n) is 8.80. The van der Waals surface area contributed by atoms with Crippen molar-refractivity contribution in [2.24, 2.45) is 0 Å². The molecule has 0 amide bonds. The quantitative estimate of drug-likeness (QED) is 0.527. The molecule has 28 heavy (non-hydrogen) atoms. The highest BCUT2D eigenvalue weighted by Crippen LogP contribution is 2.23. The first-order valence-corrected chi connectivity index (χ1v) is 10.3. The van der Waals surface area contributed by atoms with Crippen molar-refractivity contribution in [3.05, 3.63) is 90.8 Å². The van der Waals surface area contributed by atoms with Gasteiger partial charge in [-0.1, -0.05) is 48.5 Å². The Balaban J connectivity index is 1.50. The third kappa shape index (κ3) is 3.68. The molecule has 3 aromatic carbocycles. The second kappa shape index (κ2) is 7.55. The number of aliphatic hydroxyl groups excluding tert-OH is 1. The number of rotatable bonds is 6. The molecule has 6 nitrogen and oxygen atoms in total. The van der Waals surface area contributed by atoms with E-state index < -0.39 is 16.1 Å². The Morgan fingerprint density at radius 1 is 0.964 bits per heavy atom. The molecule has 2 N–H and O–H groups in total. The van der Waals surface area contributed by atoms with Crippen molar-refractivity contribution >= 4 is 20.8 Å². The summed E-state index contributed by atoms with van der Waals surface area (Å²) < 4.78 is 29.7. The van der Waals surface area contributed by atoms with Crippen LogP contribution in [-0.4, -0.2) is 29.8 Å². The van der Waals surface area contributed by atoms with Crippen LogP contribution < -0.4 is 4.72 Å². The van der Waals surface area contributed by atoms with Crippen molar-refractivity contribution in [3.8, 4) is 5.69 Å². The molecule has 0 saturated heterocycles. The number of nitrogens with one attached hydrogen (secondary N) is 1. The normalized spacial score (nSPS) is 12.9. The van der Waals surface area contributed by atoms with Gasteiger partial charge in [0, 0.05) is 24.3 Å². The Morgan fingerprint density at radius 3 is 2.46 bits per heavy atom. The molecule has 142 valence electrons. The van der Waals surface area contributed by atoms with Crippen LogP contribution in [0.15, 0.2) is 90.1 Å². The van der Waals surface area contributed by atoms with Gasteiger partial charge in [0.25, 0.3) is 0 Å². The fourth-order valence-corrected chi connectivity index (χ4v) is 4.35. The Labute approximate surface area is 163 Å². The summed E-state index contributed by atoms with van der Waals surface area (Å²) in [4.78, 5) is 0.201. The highest BCUT2D eigenvalue weighted by Gasteiger charge is 2.19. The number of aromatic nitrogens is 2. The van der Waals surface area contributed by atoms with E-state index in [2.05, 4.69) is 9.82 Å². The molecule has 0 fully saturated rings. The number of aliphatic hydroxyl groups is 1. The van der Waals surface area contributed by atoms with Gasteiger partial charge in [0.05, 0.1) is 16.7 Å². The molecule has 1 atom stereocenters. The second-order valence-corrected chi connectivity index (χ2v) is 8.12. The van der Waals surface area contributed by atoms with Crippen molar-refractivity contribution in [2.45, 2.75) is 11.0 Å². The summed E-state index contributed by atoms with van der Waals surface area (Å²) >= 11 is 0. The molecule has 0 radical (unpaired) electrons. The lowest BCUT2D eigenvalue weighted by Gasteiger charge is -2.14. The summed E-state index contributed by atoms with van der Waals surface area (Å²) in [6.45, 7) is -0.118. The van der Waals surface area contributed by atoms with Crippen molar-refractivity contribution in [2.75, 3.05) is 6.54 Å². The maximum atomic E-state index is 12.8. The lowest BCUT2D eigenvalue weighted by molar-refractivity contribution is 0.182. The largest absolute Gasteiger partial charge is 0.387 e. The van der Waals surface area contributed by atoms with E-state index in [-0.39, 0.29) is 11.4 Å². The molecule has 1 unspecified atom stereocenters. The molecular formula is C21H19N3O3S. The molecule has 0 spiro atoms. The highest BCUT2D eigenvalue weighted by molar-refractivity contribution is 7.89. The summed E-state index contributed by atoms with van der Waals surface area (Å²) in [5.74, 6) is 0. The first kappa shape index (κ1) is 18.4. The Bertz CT molecular complexity index is 1180. The van der Waals surface area contributed by atoms with Crippen LogP contribution in [0.5, 0.6) is 0 Å². The highest BCUT2D eigenvalue weighted by atomic mass is 32.2. The van der Waals surface area contributed by atoms with E-state index in [1.165, 1.54) is 0 Å². The van der Waals surface area contributed by atoms with Crippen molar-refractivity contribution in [3.63, 3.8) is 0 Å². The molecule has 0 bridgehead atoms. The summed E-state index contributed by atoms with van der Waals surface area (Å²) in [5.41, 5.74) is 1.48.